The minimum Gasteiger partial charge on any atom is -0.456 e. The van der Waals surface area contributed by atoms with Gasteiger partial charge in [-0.3, -0.25) is 66.0 Å². The summed E-state index contributed by atoms with van der Waals surface area (Å²) < 4.78 is 179. The van der Waals surface area contributed by atoms with E-state index in [1.807, 2.05) is 0 Å². The lowest BCUT2D eigenvalue weighted by molar-refractivity contribution is -0.236. The maximum atomic E-state index is 15.3. The molecule has 0 heterocycles. The molecule has 0 spiro atoms. The van der Waals surface area contributed by atoms with E-state index in [1.54, 1.807) is 0 Å². The summed E-state index contributed by atoms with van der Waals surface area (Å²) in [6.07, 6.45) is -21.1. The van der Waals surface area contributed by atoms with Crippen molar-refractivity contribution in [1.29, 1.82) is 0 Å². The summed E-state index contributed by atoms with van der Waals surface area (Å²) in [4.78, 5) is 127. The molecule has 86 heavy (non-hydrogen) atoms. The maximum Gasteiger partial charge on any atom is 0.481 e. The molecule has 0 radical (unpaired) electrons. The van der Waals surface area contributed by atoms with Gasteiger partial charge >= 0.3 is 91.0 Å². The monoisotopic (exact) mass is 1330 g/mol. The second-order valence-electron chi connectivity index (χ2n) is 16.4. The standard InChI is InChI=1S/C46H76O36P4/c1-11-21-39(55)77-41-43(79-83(57,69-23-61-31(47)13-3)70-24-62-32(48)14-4)42(78-40(56)22-12-2)45(81-85(59,73-27-65-35(51)17-7)74-28-66-36(52)18-8)46(82-86(60,75-29-67-37(53)19-9)76-30-68-38(54)20-10)44(41)80-84(58,71-25-63-33(49)15-5)72-26-64-34(50)16-6/h41-46H,11-30H2,1-10H3/t41-,42-,43-,44+,45-,46-/m1/s1. The number of phosphoric ester groups is 4. The molecular formula is C46H76O36P4. The van der Waals surface area contributed by atoms with Crippen LogP contribution in [0.1, 0.15) is 146 Å². The Morgan fingerprint density at radius 2 is 0.395 bits per heavy atom. The Kier molecular flexibility index (Phi) is 38.8. The van der Waals surface area contributed by atoms with Crippen LogP contribution in [0.3, 0.4) is 0 Å². The van der Waals surface area contributed by atoms with Gasteiger partial charge in [0, 0.05) is 64.2 Å². The zero-order chi connectivity index (χ0) is 64.9. The minimum absolute atomic E-state index is 0.0668. The molecule has 0 aliphatic heterocycles. The van der Waals surface area contributed by atoms with Crippen LogP contribution in [0, 0.1) is 0 Å². The van der Waals surface area contributed by atoms with Gasteiger partial charge in [-0.1, -0.05) is 69.2 Å². The summed E-state index contributed by atoms with van der Waals surface area (Å²) in [5.74, 6) is -10.8. The lowest BCUT2D eigenvalue weighted by atomic mass is 9.84. The summed E-state index contributed by atoms with van der Waals surface area (Å²) >= 11 is 0. The molecule has 496 valence electrons. The first-order valence-corrected chi connectivity index (χ1v) is 32.5. The lowest BCUT2D eigenvalue weighted by Gasteiger charge is -2.49. The molecule has 1 saturated carbocycles. The van der Waals surface area contributed by atoms with Crippen molar-refractivity contribution in [2.45, 2.75) is 183 Å². The van der Waals surface area contributed by atoms with Crippen molar-refractivity contribution >= 4 is 91.0 Å². The van der Waals surface area contributed by atoms with Crippen LogP contribution in [0.25, 0.3) is 0 Å². The normalized spacial score (nSPS) is 17.9. The first-order chi connectivity index (χ1) is 40.7. The molecule has 0 saturated heterocycles. The molecule has 1 aliphatic rings. The van der Waals surface area contributed by atoms with Gasteiger partial charge in [0.2, 0.25) is 54.3 Å². The highest BCUT2D eigenvalue weighted by atomic mass is 31.2. The first kappa shape index (κ1) is 79.2. The van der Waals surface area contributed by atoms with Crippen molar-refractivity contribution in [3.8, 4) is 0 Å². The molecule has 0 aromatic rings. The summed E-state index contributed by atoms with van der Waals surface area (Å²) in [6.45, 7) is 2.59. The third-order valence-corrected chi connectivity index (χ3v) is 15.5. The van der Waals surface area contributed by atoms with Crippen molar-refractivity contribution < 1.29 is 168 Å². The number of esters is 10. The fourth-order valence-corrected chi connectivity index (χ4v) is 10.1. The van der Waals surface area contributed by atoms with E-state index in [9.17, 15) is 47.9 Å². The van der Waals surface area contributed by atoms with Gasteiger partial charge in [-0.05, 0) is 12.8 Å². The Morgan fingerprint density at radius 3 is 0.547 bits per heavy atom. The van der Waals surface area contributed by atoms with Gasteiger partial charge in [0.05, 0.1) is 0 Å². The van der Waals surface area contributed by atoms with E-state index in [4.69, 9.17) is 102 Å². The Balaban J connectivity index is 5.11. The summed E-state index contributed by atoms with van der Waals surface area (Å²) in [6, 6.07) is 0. The van der Waals surface area contributed by atoms with Crippen LogP contribution in [0.4, 0.5) is 0 Å². The second-order valence-corrected chi connectivity index (χ2v) is 22.9. The minimum atomic E-state index is -5.90. The number of carbonyl (C=O) groups is 10. The molecule has 0 amide bonds. The maximum absolute atomic E-state index is 15.3. The van der Waals surface area contributed by atoms with E-state index in [0.29, 0.717) is 0 Å². The molecule has 0 aromatic heterocycles. The fraction of sp³-hybridized carbons (Fsp3) is 0.783. The van der Waals surface area contributed by atoms with Gasteiger partial charge in [-0.25, -0.2) is 54.5 Å². The molecule has 1 aliphatic carbocycles. The number of phosphoric acid groups is 4. The highest BCUT2D eigenvalue weighted by molar-refractivity contribution is 7.49. The fourth-order valence-electron chi connectivity index (χ4n) is 5.76. The van der Waals surface area contributed by atoms with E-state index in [-0.39, 0.29) is 64.2 Å². The Morgan fingerprint density at radius 1 is 0.244 bits per heavy atom. The number of rotatable bonds is 46. The van der Waals surface area contributed by atoms with E-state index in [2.05, 4.69) is 0 Å². The van der Waals surface area contributed by atoms with E-state index in [0.717, 1.165) is 0 Å². The van der Waals surface area contributed by atoms with Gasteiger partial charge in [-0.2, -0.15) is 0 Å². The molecule has 0 aromatic carbocycles. The molecule has 0 unspecified atom stereocenters. The van der Waals surface area contributed by atoms with Crippen molar-refractivity contribution in [3.63, 3.8) is 0 Å². The third kappa shape index (κ3) is 30.9. The zero-order valence-electron chi connectivity index (χ0n) is 49.1. The second kappa shape index (κ2) is 42.1. The average Bonchev–Trinajstić information content (AvgIpc) is 0.993. The summed E-state index contributed by atoms with van der Waals surface area (Å²) in [5.41, 5.74) is 0. The van der Waals surface area contributed by atoms with Crippen molar-refractivity contribution in [2.75, 3.05) is 54.3 Å². The SMILES string of the molecule is CCCC(=O)O[C@@H]1[C@H](OP(=O)(OCOC(=O)CC)OCOC(=O)CC)[C@@H](OC(=O)CCC)[C@H](OP(=O)(OCOC(=O)CC)OCOC(=O)CC)[C@@H](OP(=O)(OCOC(=O)CC)OCOC(=O)CC)[C@@H]1OP(=O)(OCOC(=O)CC)OCOC(=O)CC. The molecule has 0 bridgehead atoms. The van der Waals surface area contributed by atoms with Crippen LogP contribution in [0.15, 0.2) is 0 Å². The molecule has 6 atom stereocenters. The molecule has 40 heteroatoms. The molecule has 1 fully saturated rings. The van der Waals surface area contributed by atoms with E-state index in [1.165, 1.54) is 69.2 Å². The smallest absolute Gasteiger partial charge is 0.456 e. The largest absolute Gasteiger partial charge is 0.481 e. The van der Waals surface area contributed by atoms with Crippen LogP contribution < -0.4 is 0 Å². The molecular weight excluding hydrogens is 1250 g/mol. The van der Waals surface area contributed by atoms with Crippen molar-refractivity contribution in [3.05, 3.63) is 0 Å². The highest BCUT2D eigenvalue weighted by Gasteiger charge is 2.64. The average molecular weight is 1330 g/mol. The third-order valence-electron chi connectivity index (χ3n) is 10.1. The van der Waals surface area contributed by atoms with Gasteiger partial charge in [0.15, 0.2) is 12.2 Å². The Bertz CT molecular complexity index is 2180. The Labute approximate surface area is 494 Å². The van der Waals surface area contributed by atoms with Crippen molar-refractivity contribution in [2.24, 2.45) is 0 Å². The number of ether oxygens (including phenoxy) is 10. The predicted octanol–water partition coefficient (Wildman–Crippen LogP) is 6.82. The zero-order valence-corrected chi connectivity index (χ0v) is 52.7. The highest BCUT2D eigenvalue weighted by Crippen LogP contribution is 2.62. The summed E-state index contributed by atoms with van der Waals surface area (Å²) in [7, 11) is -23.5. The van der Waals surface area contributed by atoms with Gasteiger partial charge in [0.25, 0.3) is 0 Å². The first-order valence-electron chi connectivity index (χ1n) is 26.6. The number of carbonyl (C=O) groups excluding carboxylic acids is 10. The van der Waals surface area contributed by atoms with Crippen LogP contribution in [0.5, 0.6) is 0 Å². The van der Waals surface area contributed by atoms with Crippen LogP contribution in [-0.2, 0) is 168 Å². The Hall–Kier alpha value is -4.86. The van der Waals surface area contributed by atoms with E-state index >= 15 is 18.3 Å². The molecule has 0 N–H and O–H groups in total. The molecule has 1 rings (SSSR count). The lowest BCUT2D eigenvalue weighted by Crippen LogP contribution is -2.67. The van der Waals surface area contributed by atoms with Gasteiger partial charge < -0.3 is 47.4 Å². The number of hydrogen-bond acceptors (Lipinski definition) is 36. The van der Waals surface area contributed by atoms with Gasteiger partial charge in [-0.15, -0.1) is 0 Å². The quantitative estimate of drug-likeness (QED) is 0.0261. The van der Waals surface area contributed by atoms with Crippen LogP contribution >= 0.6 is 31.3 Å². The molecule has 36 nitrogen and oxygen atoms in total. The van der Waals surface area contributed by atoms with Crippen LogP contribution in [-0.4, -0.2) is 151 Å². The summed E-state index contributed by atoms with van der Waals surface area (Å²) in [5, 5.41) is 0. The van der Waals surface area contributed by atoms with Crippen LogP contribution in [0.2, 0.25) is 0 Å². The number of hydrogen-bond donors (Lipinski definition) is 0. The van der Waals surface area contributed by atoms with Crippen molar-refractivity contribution in [1.82, 2.24) is 0 Å². The topological polar surface area (TPSA) is 442 Å². The predicted molar refractivity (Wildman–Crippen MR) is 278 cm³/mol. The van der Waals surface area contributed by atoms with E-state index < -0.39 is 195 Å². The van der Waals surface area contributed by atoms with Gasteiger partial charge in [0.1, 0.15) is 24.4 Å².